The van der Waals surface area contributed by atoms with Gasteiger partial charge in [-0.2, -0.15) is 0 Å². The van der Waals surface area contributed by atoms with Crippen molar-refractivity contribution in [2.24, 2.45) is 0 Å². The lowest BCUT2D eigenvalue weighted by molar-refractivity contribution is -0.399. The van der Waals surface area contributed by atoms with Gasteiger partial charge < -0.3 is 87.9 Å². The summed E-state index contributed by atoms with van der Waals surface area (Å²) in [6.07, 6.45) is -20.6. The van der Waals surface area contributed by atoms with Crippen molar-refractivity contribution in [1.82, 2.24) is 0 Å². The van der Waals surface area contributed by atoms with Crippen LogP contribution in [0.5, 0.6) is 11.5 Å². The first-order valence-electron chi connectivity index (χ1n) is 20.8. The Morgan fingerprint density at radius 3 is 1.57 bits per heavy atom. The largest absolute Gasteiger partial charge is 0.508 e. The number of esters is 6. The van der Waals surface area contributed by atoms with Crippen molar-refractivity contribution in [1.29, 1.82) is 0 Å². The Morgan fingerprint density at radius 1 is 0.574 bits per heavy atom. The first kappa shape index (κ1) is 52.9. The van der Waals surface area contributed by atoms with Gasteiger partial charge >= 0.3 is 35.8 Å². The number of ether oxygens (including phenoxy) is 11. The Kier molecular flexibility index (Phi) is 18.5. The van der Waals surface area contributed by atoms with Gasteiger partial charge in [-0.1, -0.05) is 24.3 Å². The third-order valence-corrected chi connectivity index (χ3v) is 10.3. The first-order valence-corrected chi connectivity index (χ1v) is 20.8. The molecule has 7 N–H and O–H groups in total. The number of carbonyl (C=O) groups is 6. The molecule has 24 heteroatoms. The molecule has 3 fully saturated rings. The van der Waals surface area contributed by atoms with Gasteiger partial charge in [0.1, 0.15) is 74.0 Å². The third kappa shape index (κ3) is 13.8. The van der Waals surface area contributed by atoms with E-state index >= 15 is 0 Å². The molecule has 0 aromatic heterocycles. The number of carbonyl (C=O) groups excluding carboxylic acids is 6. The van der Waals surface area contributed by atoms with Crippen LogP contribution in [0.1, 0.15) is 38.8 Å². The normalized spacial score (nSPS) is 31.5. The topological polar surface area (TPSA) is 346 Å². The van der Waals surface area contributed by atoms with Crippen LogP contribution >= 0.6 is 0 Å². The number of rotatable bonds is 18. The van der Waals surface area contributed by atoms with Gasteiger partial charge in [-0.05, 0) is 47.5 Å². The van der Waals surface area contributed by atoms with Crippen molar-refractivity contribution in [3.8, 4) is 11.5 Å². The van der Waals surface area contributed by atoms with Gasteiger partial charge in [0.05, 0.1) is 6.61 Å². The molecule has 0 bridgehead atoms. The Hall–Kier alpha value is -6.06. The van der Waals surface area contributed by atoms with Crippen molar-refractivity contribution in [2.75, 3.05) is 26.4 Å². The number of aliphatic hydroxyl groups excluding tert-OH is 5. The zero-order chi connectivity index (χ0) is 49.9. The molecule has 14 atom stereocenters. The summed E-state index contributed by atoms with van der Waals surface area (Å²) in [5.74, 6) is -9.01. The van der Waals surface area contributed by atoms with Gasteiger partial charge in [-0.25, -0.2) is 9.59 Å². The third-order valence-electron chi connectivity index (χ3n) is 10.3. The maximum Gasteiger partial charge on any atom is 0.331 e. The van der Waals surface area contributed by atoms with E-state index in [0.29, 0.717) is 11.1 Å². The van der Waals surface area contributed by atoms with Crippen LogP contribution in [0.25, 0.3) is 12.2 Å². The molecule has 3 heterocycles. The molecule has 0 aliphatic carbocycles. The van der Waals surface area contributed by atoms with Crippen LogP contribution in [-0.4, -0.2) is 183 Å². The van der Waals surface area contributed by atoms with E-state index in [-0.39, 0.29) is 11.5 Å². The minimum absolute atomic E-state index is 0.0575. The van der Waals surface area contributed by atoms with Gasteiger partial charge in [-0.15, -0.1) is 0 Å². The Bertz CT molecular complexity index is 2120. The summed E-state index contributed by atoms with van der Waals surface area (Å²) in [5.41, 5.74) is 0.830. The van der Waals surface area contributed by atoms with Crippen LogP contribution in [0.4, 0.5) is 0 Å². The molecule has 5 rings (SSSR count). The van der Waals surface area contributed by atoms with Gasteiger partial charge in [0.15, 0.2) is 30.7 Å². The number of phenols is 2. The van der Waals surface area contributed by atoms with Crippen LogP contribution in [0.15, 0.2) is 60.7 Å². The minimum Gasteiger partial charge on any atom is -0.508 e. The SMILES string of the molecule is CC(=O)OC[C@H]1O[C@@H](O[C@@H]2[C@@H](OC(C)=O)[C@@H](O[C@]3(CO)O[C@H](CO)[C@@H](O)[C@@H]3OC(=O)/C=C/c3ccc(O)cc3)O[C@H](COC(C)=O)[C@H]2OC(=O)/C=C/c2ccc(O)cc2)[C@H](OC(C)=O)[C@@H](O)[C@@H]1O. The monoisotopic (exact) mass is 964 g/mol. The van der Waals surface area contributed by atoms with E-state index < -0.39 is 148 Å². The number of hydrogen-bond acceptors (Lipinski definition) is 24. The molecule has 0 amide bonds. The lowest BCUT2D eigenvalue weighted by atomic mass is 9.96. The summed E-state index contributed by atoms with van der Waals surface area (Å²) in [4.78, 5) is 76.3. The highest BCUT2D eigenvalue weighted by molar-refractivity contribution is 5.88. The predicted octanol–water partition coefficient (Wildman–Crippen LogP) is -1.35. The van der Waals surface area contributed by atoms with E-state index in [2.05, 4.69) is 0 Å². The molecule has 2 aromatic carbocycles. The van der Waals surface area contributed by atoms with E-state index in [1.165, 1.54) is 60.7 Å². The summed E-state index contributed by atoms with van der Waals surface area (Å²) in [6.45, 7) is 0.163. The number of aliphatic hydroxyl groups is 5. The van der Waals surface area contributed by atoms with Crippen molar-refractivity contribution in [3.63, 3.8) is 0 Å². The van der Waals surface area contributed by atoms with Crippen molar-refractivity contribution in [3.05, 3.63) is 71.8 Å². The van der Waals surface area contributed by atoms with E-state index in [1.807, 2.05) is 0 Å². The Balaban J connectivity index is 1.61. The van der Waals surface area contributed by atoms with E-state index in [9.17, 15) is 64.5 Å². The maximum atomic E-state index is 13.7. The molecule has 3 aliphatic rings. The second-order valence-electron chi connectivity index (χ2n) is 15.4. The molecule has 3 saturated heterocycles. The Labute approximate surface area is 387 Å². The average molecular weight is 965 g/mol. The predicted molar refractivity (Wildman–Crippen MR) is 221 cm³/mol. The fraction of sp³-hybridized carbons (Fsp3) is 0.500. The minimum atomic E-state index is -2.72. The average Bonchev–Trinajstić information content (AvgIpc) is 3.55. The smallest absolute Gasteiger partial charge is 0.331 e. The van der Waals surface area contributed by atoms with Crippen molar-refractivity contribution >= 4 is 48.0 Å². The molecule has 68 heavy (non-hydrogen) atoms. The van der Waals surface area contributed by atoms with Crippen LogP contribution in [-0.2, 0) is 80.9 Å². The molecule has 2 aromatic rings. The molecular weight excluding hydrogens is 912 g/mol. The fourth-order valence-corrected chi connectivity index (χ4v) is 7.19. The highest BCUT2D eigenvalue weighted by Gasteiger charge is 2.63. The van der Waals surface area contributed by atoms with Gasteiger partial charge in [0.25, 0.3) is 0 Å². The second-order valence-corrected chi connectivity index (χ2v) is 15.4. The summed E-state index contributed by atoms with van der Waals surface area (Å²) in [7, 11) is 0. The highest BCUT2D eigenvalue weighted by atomic mass is 16.8. The second kappa shape index (κ2) is 23.8. The maximum absolute atomic E-state index is 13.7. The molecule has 372 valence electrons. The van der Waals surface area contributed by atoms with Crippen molar-refractivity contribution in [2.45, 2.75) is 113 Å². The molecule has 0 saturated carbocycles. The van der Waals surface area contributed by atoms with E-state index in [0.717, 1.165) is 39.8 Å². The number of aromatic hydroxyl groups is 2. The molecule has 24 nitrogen and oxygen atoms in total. The van der Waals surface area contributed by atoms with Gasteiger partial charge in [0, 0.05) is 39.8 Å². The first-order chi connectivity index (χ1) is 32.2. The van der Waals surface area contributed by atoms with Gasteiger partial charge in [-0.3, -0.25) is 19.2 Å². The molecule has 0 radical (unpaired) electrons. The van der Waals surface area contributed by atoms with E-state index in [4.69, 9.17) is 52.1 Å². The summed E-state index contributed by atoms with van der Waals surface area (Å²) in [5, 5.41) is 74.0. The van der Waals surface area contributed by atoms with Crippen LogP contribution in [0, 0.1) is 0 Å². The standard InChI is InChI=1S/C44H52O24/c1-21(47)58-18-30-34(55)36(57)38(60-23(3)49)42(62-30)66-39-37(64-32(53)15-9-25-5-11-27(51)12-6-25)31(19-59-22(2)48)63-43(40(39)61-24(4)50)68-44(20-46)41(35(56)29(17-45)67-44)65-33(54)16-10-26-7-13-28(52)14-8-26/h5-16,29-31,34-43,45-46,51-52,55-57H,17-20H2,1-4H3/b15-9+,16-10+/t29-,30-,31-,34-,35-,36+,37-,38-,39+,40-,41+,42+,43-,44+/m1/s1. The molecule has 3 aliphatic heterocycles. The molecule has 0 spiro atoms. The lowest BCUT2D eigenvalue weighted by Gasteiger charge is -2.49. The van der Waals surface area contributed by atoms with Crippen molar-refractivity contribution < 1.29 is 117 Å². The quantitative estimate of drug-likeness (QED) is 0.0516. The number of benzene rings is 2. The number of phenolic OH excluding ortho intramolecular Hbond substituents is 2. The number of hydrogen-bond donors (Lipinski definition) is 7. The Morgan fingerprint density at radius 2 is 1.07 bits per heavy atom. The fourth-order valence-electron chi connectivity index (χ4n) is 7.19. The zero-order valence-electron chi connectivity index (χ0n) is 36.8. The van der Waals surface area contributed by atoms with Crippen LogP contribution in [0.3, 0.4) is 0 Å². The van der Waals surface area contributed by atoms with Gasteiger partial charge in [0.2, 0.25) is 12.1 Å². The zero-order valence-corrected chi connectivity index (χ0v) is 36.8. The van der Waals surface area contributed by atoms with Crippen LogP contribution in [0.2, 0.25) is 0 Å². The summed E-state index contributed by atoms with van der Waals surface area (Å²) < 4.78 is 62.9. The molecule has 0 unspecified atom stereocenters. The lowest BCUT2D eigenvalue weighted by Crippen LogP contribution is -2.68. The highest BCUT2D eigenvalue weighted by Crippen LogP contribution is 2.41. The van der Waals surface area contributed by atoms with Crippen LogP contribution < -0.4 is 0 Å². The summed E-state index contributed by atoms with van der Waals surface area (Å²) in [6, 6.07) is 11.2. The van der Waals surface area contributed by atoms with E-state index in [1.54, 1.807) is 0 Å². The molecular formula is C44H52O24. The summed E-state index contributed by atoms with van der Waals surface area (Å²) >= 11 is 0.